The van der Waals surface area contributed by atoms with Crippen molar-refractivity contribution in [2.45, 2.75) is 6.54 Å². The largest absolute Gasteiger partial charge is 0.467 e. The molecule has 0 amide bonds. The fraction of sp³-hybridized carbons (Fsp3) is 0.0714. The maximum atomic E-state index is 5.37. The number of aromatic nitrogens is 2. The second-order valence-electron chi connectivity index (χ2n) is 4.01. The molecule has 18 heavy (non-hydrogen) atoms. The van der Waals surface area contributed by atoms with Gasteiger partial charge in [0.1, 0.15) is 5.76 Å². The molecule has 0 aliphatic carbocycles. The summed E-state index contributed by atoms with van der Waals surface area (Å²) in [5.41, 5.74) is 2.20. The predicted molar refractivity (Wildman–Crippen MR) is 72.9 cm³/mol. The summed E-state index contributed by atoms with van der Waals surface area (Å²) in [7, 11) is 0. The van der Waals surface area contributed by atoms with Gasteiger partial charge in [0.25, 0.3) is 0 Å². The number of imidazole rings is 1. The van der Waals surface area contributed by atoms with Gasteiger partial charge in [-0.2, -0.15) is 0 Å². The fourth-order valence-corrected chi connectivity index (χ4v) is 2.18. The second-order valence-corrected chi connectivity index (χ2v) is 4.40. The van der Waals surface area contributed by atoms with E-state index in [1.807, 2.05) is 41.1 Å². The van der Waals surface area contributed by atoms with Crippen molar-refractivity contribution in [2.75, 3.05) is 0 Å². The molecular weight excluding hydrogens is 244 g/mol. The first-order valence-electron chi connectivity index (χ1n) is 5.70. The Labute approximate surface area is 110 Å². The molecule has 3 aromatic rings. The summed E-state index contributed by atoms with van der Waals surface area (Å²) < 4.78 is 8.10. The molecule has 0 atom stereocenters. The molecule has 4 heteroatoms. The third-order valence-corrected chi connectivity index (χ3v) is 3.17. The van der Waals surface area contributed by atoms with Gasteiger partial charge in [0.15, 0.2) is 4.77 Å². The first-order chi connectivity index (χ1) is 8.84. The van der Waals surface area contributed by atoms with Crippen LogP contribution in [-0.4, -0.2) is 9.55 Å². The van der Waals surface area contributed by atoms with Crippen LogP contribution in [-0.2, 0) is 6.54 Å². The molecule has 3 nitrogen and oxygen atoms in total. The summed E-state index contributed by atoms with van der Waals surface area (Å²) in [4.78, 5) is 3.08. The van der Waals surface area contributed by atoms with Gasteiger partial charge in [-0.1, -0.05) is 30.3 Å². The zero-order chi connectivity index (χ0) is 12.4. The van der Waals surface area contributed by atoms with E-state index in [0.717, 1.165) is 17.0 Å². The van der Waals surface area contributed by atoms with E-state index in [0.29, 0.717) is 11.3 Å². The molecule has 0 radical (unpaired) electrons. The van der Waals surface area contributed by atoms with Crippen LogP contribution < -0.4 is 0 Å². The van der Waals surface area contributed by atoms with Gasteiger partial charge < -0.3 is 14.0 Å². The first kappa shape index (κ1) is 11.0. The fourth-order valence-electron chi connectivity index (χ4n) is 1.96. The minimum atomic E-state index is 0.638. The van der Waals surface area contributed by atoms with Crippen LogP contribution in [0.3, 0.4) is 0 Å². The van der Waals surface area contributed by atoms with Crippen LogP contribution in [0.25, 0.3) is 11.3 Å². The van der Waals surface area contributed by atoms with Crippen molar-refractivity contribution >= 4 is 12.2 Å². The van der Waals surface area contributed by atoms with Crippen molar-refractivity contribution in [3.05, 3.63) is 65.5 Å². The first-order valence-corrected chi connectivity index (χ1v) is 6.11. The van der Waals surface area contributed by atoms with Gasteiger partial charge in [0, 0.05) is 6.20 Å². The molecule has 0 unspecified atom stereocenters. The summed E-state index contributed by atoms with van der Waals surface area (Å²) in [6.45, 7) is 0.638. The number of aromatic amines is 1. The molecular formula is C14H12N2OS. The van der Waals surface area contributed by atoms with E-state index in [1.165, 1.54) is 0 Å². The number of nitrogens with zero attached hydrogens (tertiary/aromatic N) is 1. The van der Waals surface area contributed by atoms with Crippen molar-refractivity contribution in [3.8, 4) is 11.3 Å². The maximum Gasteiger partial charge on any atom is 0.178 e. The van der Waals surface area contributed by atoms with Gasteiger partial charge in [0.05, 0.1) is 18.5 Å². The number of furan rings is 1. The van der Waals surface area contributed by atoms with Crippen LogP contribution in [0.4, 0.5) is 0 Å². The van der Waals surface area contributed by atoms with Crippen LogP contribution in [0, 0.1) is 4.77 Å². The Hall–Kier alpha value is -2.07. The van der Waals surface area contributed by atoms with Gasteiger partial charge in [-0.05, 0) is 29.9 Å². The van der Waals surface area contributed by atoms with E-state index in [9.17, 15) is 0 Å². The maximum absolute atomic E-state index is 5.37. The normalized spacial score (nSPS) is 10.7. The molecule has 1 aromatic carbocycles. The van der Waals surface area contributed by atoms with Gasteiger partial charge in [-0.15, -0.1) is 0 Å². The van der Waals surface area contributed by atoms with Gasteiger partial charge >= 0.3 is 0 Å². The molecule has 3 rings (SSSR count). The highest BCUT2D eigenvalue weighted by atomic mass is 32.1. The van der Waals surface area contributed by atoms with Crippen molar-refractivity contribution in [3.63, 3.8) is 0 Å². The SMILES string of the molecule is S=c1[nH]cc(-c2ccccc2)n1Cc1ccco1. The summed E-state index contributed by atoms with van der Waals surface area (Å²) in [6.07, 6.45) is 3.61. The van der Waals surface area contributed by atoms with Crippen LogP contribution in [0.15, 0.2) is 59.3 Å². The standard InChI is InChI=1S/C14H12N2OS/c18-14-15-9-13(11-5-2-1-3-6-11)16(14)10-12-7-4-8-17-12/h1-9H,10H2,(H,15,18). The van der Waals surface area contributed by atoms with Crippen molar-refractivity contribution in [1.82, 2.24) is 9.55 Å². The zero-order valence-electron chi connectivity index (χ0n) is 9.67. The number of H-pyrrole nitrogens is 1. The number of rotatable bonds is 3. The topological polar surface area (TPSA) is 33.9 Å². The Morgan fingerprint density at radius 2 is 1.94 bits per heavy atom. The van der Waals surface area contributed by atoms with Crippen LogP contribution in [0.2, 0.25) is 0 Å². The van der Waals surface area contributed by atoms with E-state index < -0.39 is 0 Å². The Balaban J connectivity index is 2.04. The smallest absolute Gasteiger partial charge is 0.178 e. The van der Waals surface area contributed by atoms with Gasteiger partial charge in [-0.3, -0.25) is 0 Å². The monoisotopic (exact) mass is 256 g/mol. The molecule has 0 aliphatic heterocycles. The predicted octanol–water partition coefficient (Wildman–Crippen LogP) is 3.85. The molecule has 0 bridgehead atoms. The number of hydrogen-bond acceptors (Lipinski definition) is 2. The van der Waals surface area contributed by atoms with E-state index in [1.54, 1.807) is 6.26 Å². The third-order valence-electron chi connectivity index (χ3n) is 2.83. The Bertz CT molecular complexity index is 680. The molecule has 1 N–H and O–H groups in total. The quantitative estimate of drug-likeness (QED) is 0.722. The molecule has 2 aromatic heterocycles. The summed E-state index contributed by atoms with van der Waals surface area (Å²) in [5, 5.41) is 0. The lowest BCUT2D eigenvalue weighted by Gasteiger charge is -2.06. The molecule has 0 aliphatic rings. The van der Waals surface area contributed by atoms with Gasteiger partial charge in [0.2, 0.25) is 0 Å². The lowest BCUT2D eigenvalue weighted by Crippen LogP contribution is -2.00. The molecule has 90 valence electrons. The average Bonchev–Trinajstić information content (AvgIpc) is 3.03. The molecule has 2 heterocycles. The van der Waals surface area contributed by atoms with Crippen molar-refractivity contribution < 1.29 is 4.42 Å². The summed E-state index contributed by atoms with van der Waals surface area (Å²) in [5.74, 6) is 0.892. The lowest BCUT2D eigenvalue weighted by atomic mass is 10.2. The van der Waals surface area contributed by atoms with E-state index in [2.05, 4.69) is 17.1 Å². The minimum absolute atomic E-state index is 0.638. The van der Waals surface area contributed by atoms with Gasteiger partial charge in [-0.25, -0.2) is 0 Å². The highest BCUT2D eigenvalue weighted by molar-refractivity contribution is 7.71. The Morgan fingerprint density at radius 3 is 2.67 bits per heavy atom. The molecule has 0 fully saturated rings. The van der Waals surface area contributed by atoms with Crippen molar-refractivity contribution in [2.24, 2.45) is 0 Å². The zero-order valence-corrected chi connectivity index (χ0v) is 10.5. The molecule has 0 saturated heterocycles. The summed E-state index contributed by atoms with van der Waals surface area (Å²) >= 11 is 5.31. The van der Waals surface area contributed by atoms with Crippen LogP contribution in [0.5, 0.6) is 0 Å². The van der Waals surface area contributed by atoms with E-state index in [4.69, 9.17) is 16.6 Å². The van der Waals surface area contributed by atoms with Crippen LogP contribution >= 0.6 is 12.2 Å². The number of benzene rings is 1. The average molecular weight is 256 g/mol. The lowest BCUT2D eigenvalue weighted by molar-refractivity contribution is 0.493. The van der Waals surface area contributed by atoms with E-state index in [-0.39, 0.29) is 0 Å². The molecule has 0 spiro atoms. The highest BCUT2D eigenvalue weighted by Gasteiger charge is 2.07. The van der Waals surface area contributed by atoms with Crippen LogP contribution in [0.1, 0.15) is 5.76 Å². The highest BCUT2D eigenvalue weighted by Crippen LogP contribution is 2.20. The summed E-state index contributed by atoms with van der Waals surface area (Å²) in [6, 6.07) is 14.0. The third kappa shape index (κ3) is 2.02. The second kappa shape index (κ2) is 4.66. The van der Waals surface area contributed by atoms with E-state index >= 15 is 0 Å². The minimum Gasteiger partial charge on any atom is -0.467 e. The molecule has 0 saturated carbocycles. The number of nitrogens with one attached hydrogen (secondary N) is 1. The Morgan fingerprint density at radius 1 is 1.11 bits per heavy atom. The van der Waals surface area contributed by atoms with Crippen molar-refractivity contribution in [1.29, 1.82) is 0 Å². The Kier molecular flexibility index (Phi) is 2.86. The number of hydrogen-bond donors (Lipinski definition) is 1.